The molecule has 86 valence electrons. The standard InChI is InChI=1S/C14H20N2/c1-11(14(2,3)4)16-10-13-7-5-6-12(8-13)9-15/h5-8,11,16H,10H2,1-4H3. The molecular weight excluding hydrogens is 196 g/mol. The molecule has 1 N–H and O–H groups in total. The van der Waals surface area contributed by atoms with Gasteiger partial charge in [-0.15, -0.1) is 0 Å². The Bertz CT molecular complexity index is 382. The summed E-state index contributed by atoms with van der Waals surface area (Å²) >= 11 is 0. The molecule has 1 aromatic carbocycles. The molecule has 1 aromatic rings. The van der Waals surface area contributed by atoms with Crippen LogP contribution >= 0.6 is 0 Å². The van der Waals surface area contributed by atoms with Crippen molar-refractivity contribution in [3.63, 3.8) is 0 Å². The summed E-state index contributed by atoms with van der Waals surface area (Å²) in [5.41, 5.74) is 2.14. The second-order valence-corrected chi connectivity index (χ2v) is 5.28. The summed E-state index contributed by atoms with van der Waals surface area (Å²) in [5, 5.41) is 12.3. The average molecular weight is 216 g/mol. The van der Waals surface area contributed by atoms with Gasteiger partial charge in [0.1, 0.15) is 0 Å². The van der Waals surface area contributed by atoms with Crippen molar-refractivity contribution < 1.29 is 0 Å². The van der Waals surface area contributed by atoms with E-state index in [-0.39, 0.29) is 5.41 Å². The monoisotopic (exact) mass is 216 g/mol. The predicted octanol–water partition coefficient (Wildman–Crippen LogP) is 3.08. The third kappa shape index (κ3) is 3.67. The van der Waals surface area contributed by atoms with E-state index in [2.05, 4.69) is 39.1 Å². The lowest BCUT2D eigenvalue weighted by molar-refractivity contribution is 0.285. The van der Waals surface area contributed by atoms with Crippen LogP contribution in [0.5, 0.6) is 0 Å². The van der Waals surface area contributed by atoms with E-state index in [1.807, 2.05) is 24.3 Å². The molecule has 0 bridgehead atoms. The van der Waals surface area contributed by atoms with E-state index in [1.54, 1.807) is 0 Å². The summed E-state index contributed by atoms with van der Waals surface area (Å²) < 4.78 is 0. The third-order valence-electron chi connectivity index (χ3n) is 2.97. The van der Waals surface area contributed by atoms with Crippen molar-refractivity contribution >= 4 is 0 Å². The molecule has 16 heavy (non-hydrogen) atoms. The molecule has 0 radical (unpaired) electrons. The Labute approximate surface area is 98.3 Å². The first-order valence-electron chi connectivity index (χ1n) is 5.66. The van der Waals surface area contributed by atoms with Crippen molar-refractivity contribution in [3.05, 3.63) is 35.4 Å². The second-order valence-electron chi connectivity index (χ2n) is 5.28. The van der Waals surface area contributed by atoms with Crippen LogP contribution in [0.2, 0.25) is 0 Å². The van der Waals surface area contributed by atoms with Crippen LogP contribution in [0.4, 0.5) is 0 Å². The summed E-state index contributed by atoms with van der Waals surface area (Å²) in [4.78, 5) is 0. The number of nitrogens with one attached hydrogen (secondary N) is 1. The molecule has 0 aliphatic heterocycles. The number of nitrogens with zero attached hydrogens (tertiary/aromatic N) is 1. The first kappa shape index (κ1) is 12.7. The lowest BCUT2D eigenvalue weighted by Crippen LogP contribution is -2.37. The van der Waals surface area contributed by atoms with E-state index in [0.29, 0.717) is 6.04 Å². The molecule has 0 aliphatic carbocycles. The summed E-state index contributed by atoms with van der Waals surface area (Å²) in [5.74, 6) is 0. The summed E-state index contributed by atoms with van der Waals surface area (Å²) in [6.07, 6.45) is 0. The highest BCUT2D eigenvalue weighted by molar-refractivity contribution is 5.32. The fourth-order valence-corrected chi connectivity index (χ4v) is 1.33. The largest absolute Gasteiger partial charge is 0.310 e. The van der Waals surface area contributed by atoms with Crippen molar-refractivity contribution in [2.75, 3.05) is 0 Å². The highest BCUT2D eigenvalue weighted by Crippen LogP contribution is 2.18. The van der Waals surface area contributed by atoms with E-state index in [9.17, 15) is 0 Å². The van der Waals surface area contributed by atoms with Gasteiger partial charge in [-0.1, -0.05) is 32.9 Å². The van der Waals surface area contributed by atoms with Crippen LogP contribution in [-0.4, -0.2) is 6.04 Å². The van der Waals surface area contributed by atoms with E-state index in [0.717, 1.165) is 17.7 Å². The van der Waals surface area contributed by atoms with Gasteiger partial charge in [-0.05, 0) is 30.0 Å². The predicted molar refractivity (Wildman–Crippen MR) is 66.9 cm³/mol. The van der Waals surface area contributed by atoms with Gasteiger partial charge in [0.15, 0.2) is 0 Å². The Hall–Kier alpha value is -1.33. The van der Waals surface area contributed by atoms with Gasteiger partial charge in [-0.25, -0.2) is 0 Å². The number of benzene rings is 1. The van der Waals surface area contributed by atoms with Gasteiger partial charge in [0.05, 0.1) is 11.6 Å². The normalized spacial score (nSPS) is 13.2. The molecular formula is C14H20N2. The zero-order chi connectivity index (χ0) is 12.2. The van der Waals surface area contributed by atoms with Gasteiger partial charge in [0, 0.05) is 12.6 Å². The average Bonchev–Trinajstić information content (AvgIpc) is 2.25. The Morgan fingerprint density at radius 1 is 1.38 bits per heavy atom. The van der Waals surface area contributed by atoms with Gasteiger partial charge in [0.2, 0.25) is 0 Å². The van der Waals surface area contributed by atoms with Crippen molar-refractivity contribution in [3.8, 4) is 6.07 Å². The molecule has 1 atom stereocenters. The quantitative estimate of drug-likeness (QED) is 0.842. The molecule has 0 heterocycles. The Morgan fingerprint density at radius 2 is 2.06 bits per heavy atom. The summed E-state index contributed by atoms with van der Waals surface area (Å²) in [6.45, 7) is 9.66. The summed E-state index contributed by atoms with van der Waals surface area (Å²) in [7, 11) is 0. The summed E-state index contributed by atoms with van der Waals surface area (Å²) in [6, 6.07) is 10.3. The maximum absolute atomic E-state index is 8.80. The Balaban J connectivity index is 2.59. The molecule has 0 amide bonds. The molecule has 1 unspecified atom stereocenters. The number of hydrogen-bond acceptors (Lipinski definition) is 2. The molecule has 0 fully saturated rings. The minimum atomic E-state index is 0.257. The van der Waals surface area contributed by atoms with Gasteiger partial charge < -0.3 is 5.32 Å². The van der Waals surface area contributed by atoms with Crippen molar-refractivity contribution in [2.24, 2.45) is 5.41 Å². The zero-order valence-electron chi connectivity index (χ0n) is 10.5. The molecule has 1 rings (SSSR count). The third-order valence-corrected chi connectivity index (χ3v) is 2.97. The van der Waals surface area contributed by atoms with Crippen LogP contribution < -0.4 is 5.32 Å². The second kappa shape index (κ2) is 5.14. The van der Waals surface area contributed by atoms with E-state index >= 15 is 0 Å². The fraction of sp³-hybridized carbons (Fsp3) is 0.500. The van der Waals surface area contributed by atoms with Crippen molar-refractivity contribution in [2.45, 2.75) is 40.3 Å². The minimum Gasteiger partial charge on any atom is -0.310 e. The molecule has 0 saturated carbocycles. The van der Waals surface area contributed by atoms with Crippen LogP contribution in [-0.2, 0) is 6.54 Å². The fourth-order valence-electron chi connectivity index (χ4n) is 1.33. The van der Waals surface area contributed by atoms with Crippen LogP contribution in [0.3, 0.4) is 0 Å². The lowest BCUT2D eigenvalue weighted by Gasteiger charge is -2.28. The zero-order valence-corrected chi connectivity index (χ0v) is 10.5. The van der Waals surface area contributed by atoms with Gasteiger partial charge in [-0.2, -0.15) is 5.26 Å². The van der Waals surface area contributed by atoms with Crippen LogP contribution in [0.25, 0.3) is 0 Å². The number of nitriles is 1. The van der Waals surface area contributed by atoms with Crippen molar-refractivity contribution in [1.82, 2.24) is 5.32 Å². The Kier molecular flexibility index (Phi) is 4.09. The number of hydrogen-bond donors (Lipinski definition) is 1. The van der Waals surface area contributed by atoms with Crippen LogP contribution in [0, 0.1) is 16.7 Å². The molecule has 2 heteroatoms. The minimum absolute atomic E-state index is 0.257. The Morgan fingerprint density at radius 3 is 2.62 bits per heavy atom. The van der Waals surface area contributed by atoms with Crippen LogP contribution in [0.1, 0.15) is 38.8 Å². The molecule has 0 aliphatic rings. The molecule has 0 spiro atoms. The highest BCUT2D eigenvalue weighted by atomic mass is 14.9. The molecule has 0 aromatic heterocycles. The smallest absolute Gasteiger partial charge is 0.0991 e. The van der Waals surface area contributed by atoms with Gasteiger partial charge in [-0.3, -0.25) is 0 Å². The van der Waals surface area contributed by atoms with Crippen LogP contribution in [0.15, 0.2) is 24.3 Å². The molecule has 2 nitrogen and oxygen atoms in total. The van der Waals surface area contributed by atoms with Gasteiger partial charge >= 0.3 is 0 Å². The maximum atomic E-state index is 8.80. The lowest BCUT2D eigenvalue weighted by atomic mass is 9.88. The highest BCUT2D eigenvalue weighted by Gasteiger charge is 2.18. The first-order valence-corrected chi connectivity index (χ1v) is 5.66. The van der Waals surface area contributed by atoms with E-state index in [1.165, 1.54) is 0 Å². The molecule has 0 saturated heterocycles. The SMILES string of the molecule is CC(NCc1cccc(C#N)c1)C(C)(C)C. The first-order chi connectivity index (χ1) is 7.43. The topological polar surface area (TPSA) is 35.8 Å². The van der Waals surface area contributed by atoms with Crippen molar-refractivity contribution in [1.29, 1.82) is 5.26 Å². The van der Waals surface area contributed by atoms with E-state index in [4.69, 9.17) is 5.26 Å². The van der Waals surface area contributed by atoms with Gasteiger partial charge in [0.25, 0.3) is 0 Å². The maximum Gasteiger partial charge on any atom is 0.0991 e. The van der Waals surface area contributed by atoms with E-state index < -0.39 is 0 Å². The number of rotatable bonds is 3.